The van der Waals surface area contributed by atoms with Gasteiger partial charge in [-0.2, -0.15) is 18.2 Å². The fourth-order valence-corrected chi connectivity index (χ4v) is 4.65. The third-order valence-corrected chi connectivity index (χ3v) is 6.90. The number of carbonyl (C=O) groups is 2. The van der Waals surface area contributed by atoms with Crippen molar-refractivity contribution in [1.29, 1.82) is 0 Å². The fourth-order valence-electron chi connectivity index (χ4n) is 4.65. The van der Waals surface area contributed by atoms with Crippen LogP contribution in [0, 0.1) is 5.82 Å². The van der Waals surface area contributed by atoms with E-state index in [-0.39, 0.29) is 11.5 Å². The number of nitrogens with one attached hydrogen (secondary N) is 2. The number of carbonyl (C=O) groups excluding carboxylic acids is 2. The summed E-state index contributed by atoms with van der Waals surface area (Å²) >= 11 is 0. The molecule has 0 fully saturated rings. The molecular weight excluding hydrogens is 546 g/mol. The minimum Gasteiger partial charge on any atom is -0.465 e. The van der Waals surface area contributed by atoms with Gasteiger partial charge in [0.1, 0.15) is 11.6 Å². The van der Waals surface area contributed by atoms with E-state index in [0.717, 1.165) is 10.5 Å². The molecule has 3 aromatic carbocycles. The quantitative estimate of drug-likeness (QED) is 0.258. The van der Waals surface area contributed by atoms with E-state index in [0.29, 0.717) is 53.7 Å². The molecule has 1 aliphatic heterocycles. The van der Waals surface area contributed by atoms with Gasteiger partial charge in [0.25, 0.3) is 0 Å². The molecule has 0 saturated carbocycles. The van der Waals surface area contributed by atoms with Crippen LogP contribution in [0.1, 0.15) is 27.4 Å². The van der Waals surface area contributed by atoms with Gasteiger partial charge in [0, 0.05) is 37.1 Å². The van der Waals surface area contributed by atoms with Crippen molar-refractivity contribution in [2.45, 2.75) is 18.6 Å². The Bertz CT molecular complexity index is 1720. The minimum absolute atomic E-state index is 0.124. The first-order chi connectivity index (χ1) is 19.5. The van der Waals surface area contributed by atoms with Crippen LogP contribution in [0.5, 0.6) is 0 Å². The average Bonchev–Trinajstić information content (AvgIpc) is 2.96. The molecule has 4 aromatic rings. The third kappa shape index (κ3) is 5.42. The number of hydrogen-bond donors (Lipinski definition) is 2. The van der Waals surface area contributed by atoms with E-state index in [9.17, 15) is 31.9 Å². The smallest absolute Gasteiger partial charge is 0.416 e. The van der Waals surface area contributed by atoms with Crippen molar-refractivity contribution >= 4 is 40.1 Å². The van der Waals surface area contributed by atoms with Gasteiger partial charge >= 0.3 is 23.9 Å². The van der Waals surface area contributed by atoms with Gasteiger partial charge in [0.05, 0.1) is 29.4 Å². The Morgan fingerprint density at radius 1 is 1.10 bits per heavy atom. The number of urea groups is 1. The van der Waals surface area contributed by atoms with Crippen molar-refractivity contribution in [3.8, 4) is 0 Å². The van der Waals surface area contributed by atoms with Crippen LogP contribution in [-0.2, 0) is 17.5 Å². The monoisotopic (exact) mass is 569 g/mol. The number of halogens is 4. The third-order valence-electron chi connectivity index (χ3n) is 6.90. The summed E-state index contributed by atoms with van der Waals surface area (Å²) in [5.41, 5.74) is -0.242. The van der Waals surface area contributed by atoms with E-state index in [4.69, 9.17) is 4.74 Å². The molecule has 2 N–H and O–H groups in total. The summed E-state index contributed by atoms with van der Waals surface area (Å²) in [5.74, 6) is -1.07. The summed E-state index contributed by atoms with van der Waals surface area (Å²) in [5, 5.41) is 6.13. The molecule has 0 spiro atoms. The second-order valence-electron chi connectivity index (χ2n) is 9.43. The lowest BCUT2D eigenvalue weighted by Crippen LogP contribution is -2.35. The summed E-state index contributed by atoms with van der Waals surface area (Å²) in [6, 6.07) is 12.6. The maximum absolute atomic E-state index is 14.1. The normalized spacial score (nSPS) is 14.6. The summed E-state index contributed by atoms with van der Waals surface area (Å²) in [7, 11) is 2.67. The number of ether oxygens (including phenoxy) is 1. The fraction of sp³-hybridized carbons (Fsp3) is 0.214. The number of amides is 2. The van der Waals surface area contributed by atoms with E-state index in [2.05, 4.69) is 15.6 Å². The van der Waals surface area contributed by atoms with Crippen LogP contribution < -0.4 is 21.2 Å². The molecule has 1 aliphatic rings. The summed E-state index contributed by atoms with van der Waals surface area (Å²) in [6.07, 6.45) is -4.69. The largest absolute Gasteiger partial charge is 0.465 e. The number of methoxy groups -OCH3 is 1. The summed E-state index contributed by atoms with van der Waals surface area (Å²) in [6.45, 7) is 0.815. The van der Waals surface area contributed by atoms with Gasteiger partial charge in [-0.25, -0.2) is 18.8 Å². The van der Waals surface area contributed by atoms with Crippen molar-refractivity contribution in [2.24, 2.45) is 0 Å². The van der Waals surface area contributed by atoms with E-state index in [1.165, 1.54) is 24.8 Å². The SMILES string of the molecule is COC(=O)c1ccc2c3n(c(=O)nc2c1)CC(c1ccc(N(C)C(=O)Nc2cc(C(F)(F)F)ccc2F)cc1)CN3. The number of alkyl halides is 3. The number of hydrogen-bond acceptors (Lipinski definition) is 6. The van der Waals surface area contributed by atoms with Crippen molar-refractivity contribution in [3.63, 3.8) is 0 Å². The van der Waals surface area contributed by atoms with E-state index < -0.39 is 40.9 Å². The maximum atomic E-state index is 14.1. The second kappa shape index (κ2) is 10.6. The highest BCUT2D eigenvalue weighted by Crippen LogP contribution is 2.33. The lowest BCUT2D eigenvalue weighted by Gasteiger charge is -2.29. The molecule has 1 unspecified atom stereocenters. The van der Waals surface area contributed by atoms with Gasteiger partial charge in [-0.05, 0) is 54.1 Å². The van der Waals surface area contributed by atoms with Gasteiger partial charge in [-0.3, -0.25) is 9.47 Å². The maximum Gasteiger partial charge on any atom is 0.416 e. The van der Waals surface area contributed by atoms with Gasteiger partial charge in [0.15, 0.2) is 0 Å². The number of rotatable bonds is 4. The van der Waals surface area contributed by atoms with Gasteiger partial charge < -0.3 is 15.4 Å². The number of benzene rings is 3. The lowest BCUT2D eigenvalue weighted by molar-refractivity contribution is -0.137. The Kier molecular flexibility index (Phi) is 7.11. The van der Waals surface area contributed by atoms with Crippen LogP contribution in [0.3, 0.4) is 0 Å². The molecule has 0 radical (unpaired) electrons. The van der Waals surface area contributed by atoms with Crippen LogP contribution >= 0.6 is 0 Å². The first-order valence-corrected chi connectivity index (χ1v) is 12.3. The molecule has 41 heavy (non-hydrogen) atoms. The highest BCUT2D eigenvalue weighted by atomic mass is 19.4. The van der Waals surface area contributed by atoms with Crippen molar-refractivity contribution in [2.75, 3.05) is 36.2 Å². The molecule has 1 atom stereocenters. The minimum atomic E-state index is -4.69. The molecule has 2 amide bonds. The van der Waals surface area contributed by atoms with Crippen LogP contribution in [0.4, 0.5) is 39.5 Å². The van der Waals surface area contributed by atoms with E-state index >= 15 is 0 Å². The second-order valence-corrected chi connectivity index (χ2v) is 9.43. The first kappa shape index (κ1) is 27.6. The van der Waals surface area contributed by atoms with Crippen LogP contribution in [0.15, 0.2) is 65.5 Å². The number of anilines is 3. The van der Waals surface area contributed by atoms with Crippen molar-refractivity contribution in [3.05, 3.63) is 93.7 Å². The highest BCUT2D eigenvalue weighted by molar-refractivity contribution is 6.01. The van der Waals surface area contributed by atoms with Crippen molar-refractivity contribution in [1.82, 2.24) is 9.55 Å². The number of fused-ring (bicyclic) bond motifs is 3. The lowest BCUT2D eigenvalue weighted by atomic mass is 9.96. The van der Waals surface area contributed by atoms with Crippen LogP contribution in [-0.4, -0.2) is 42.3 Å². The molecule has 0 bridgehead atoms. The zero-order valence-electron chi connectivity index (χ0n) is 21.8. The molecule has 0 saturated heterocycles. The molecule has 1 aromatic heterocycles. The number of esters is 1. The van der Waals surface area contributed by atoms with E-state index in [1.807, 2.05) is 0 Å². The Morgan fingerprint density at radius 3 is 2.51 bits per heavy atom. The van der Waals surface area contributed by atoms with Crippen molar-refractivity contribution < 1.29 is 31.9 Å². The predicted molar refractivity (Wildman–Crippen MR) is 144 cm³/mol. The van der Waals surface area contributed by atoms with Gasteiger partial charge in [-0.1, -0.05) is 12.1 Å². The van der Waals surface area contributed by atoms with Gasteiger partial charge in [0.2, 0.25) is 0 Å². The molecule has 0 aliphatic carbocycles. The standard InChI is InChI=1S/C28H23F4N5O4/c1-36(26(39)35-23-12-18(28(30,31)32)6-10-21(23)29)19-7-3-15(4-8-19)17-13-33-24-20-9-5-16(25(38)41-2)11-22(20)34-27(40)37(24)14-17/h3-12,17,33H,13-14H2,1-2H3,(H,35,39). The predicted octanol–water partition coefficient (Wildman–Crippen LogP) is 5.22. The zero-order chi connectivity index (χ0) is 29.5. The number of nitrogens with zero attached hydrogens (tertiary/aromatic N) is 3. The molecular formula is C28H23F4N5O4. The Morgan fingerprint density at radius 2 is 1.83 bits per heavy atom. The van der Waals surface area contributed by atoms with Gasteiger partial charge in [-0.15, -0.1) is 0 Å². The first-order valence-electron chi connectivity index (χ1n) is 12.3. The molecule has 5 rings (SSSR count). The average molecular weight is 570 g/mol. The van der Waals surface area contributed by atoms with E-state index in [1.54, 1.807) is 36.4 Å². The Hall–Kier alpha value is -4.94. The molecule has 2 heterocycles. The zero-order valence-corrected chi connectivity index (χ0v) is 21.8. The molecule has 13 heteroatoms. The Labute approximate surface area is 230 Å². The van der Waals surface area contributed by atoms with Crippen LogP contribution in [0.25, 0.3) is 10.9 Å². The summed E-state index contributed by atoms with van der Waals surface area (Å²) in [4.78, 5) is 42.6. The Balaban J connectivity index is 1.32. The topological polar surface area (TPSA) is 106 Å². The summed E-state index contributed by atoms with van der Waals surface area (Å²) < 4.78 is 59.3. The molecule has 212 valence electrons. The number of aromatic nitrogens is 2. The van der Waals surface area contributed by atoms with Crippen LogP contribution in [0.2, 0.25) is 0 Å². The highest BCUT2D eigenvalue weighted by Gasteiger charge is 2.31. The molecule has 9 nitrogen and oxygen atoms in total.